The highest BCUT2D eigenvalue weighted by Gasteiger charge is 2.23. The van der Waals surface area contributed by atoms with E-state index < -0.39 is 6.04 Å². The second kappa shape index (κ2) is 5.31. The maximum Gasteiger partial charge on any atom is 0.239 e. The number of amides is 1. The van der Waals surface area contributed by atoms with Crippen molar-refractivity contribution in [3.8, 4) is 0 Å². The van der Waals surface area contributed by atoms with Gasteiger partial charge >= 0.3 is 0 Å². The van der Waals surface area contributed by atoms with E-state index in [4.69, 9.17) is 5.73 Å². The number of primary amides is 1. The maximum absolute atomic E-state index is 11.5. The molecule has 0 radical (unpaired) electrons. The van der Waals surface area contributed by atoms with Crippen LogP contribution in [-0.4, -0.2) is 21.7 Å². The van der Waals surface area contributed by atoms with E-state index in [0.29, 0.717) is 6.04 Å². The van der Waals surface area contributed by atoms with E-state index >= 15 is 0 Å². The van der Waals surface area contributed by atoms with E-state index in [0.717, 1.165) is 18.4 Å². The Kier molecular flexibility index (Phi) is 3.78. The molecule has 0 saturated heterocycles. The van der Waals surface area contributed by atoms with Crippen LogP contribution in [-0.2, 0) is 11.8 Å². The van der Waals surface area contributed by atoms with Gasteiger partial charge in [0.2, 0.25) is 5.91 Å². The van der Waals surface area contributed by atoms with Crippen molar-refractivity contribution in [3.63, 3.8) is 0 Å². The molecule has 1 saturated carbocycles. The second-order valence-corrected chi connectivity index (χ2v) is 4.78. The number of carbonyl (C=O) groups is 1. The zero-order chi connectivity index (χ0) is 12.3. The fourth-order valence-electron chi connectivity index (χ4n) is 2.44. The van der Waals surface area contributed by atoms with Gasteiger partial charge in [-0.2, -0.15) is 5.10 Å². The van der Waals surface area contributed by atoms with Crippen LogP contribution in [0.2, 0.25) is 0 Å². The summed E-state index contributed by atoms with van der Waals surface area (Å²) in [7, 11) is 1.84. The average molecular weight is 236 g/mol. The number of carbonyl (C=O) groups excluding carboxylic acids is 1. The summed E-state index contributed by atoms with van der Waals surface area (Å²) in [5, 5.41) is 7.44. The minimum atomic E-state index is -0.410. The first kappa shape index (κ1) is 12.1. The Morgan fingerprint density at radius 2 is 2.24 bits per heavy atom. The Balaban J connectivity index is 2.04. The van der Waals surface area contributed by atoms with Crippen LogP contribution >= 0.6 is 0 Å². The van der Waals surface area contributed by atoms with Crippen LogP contribution in [0.4, 0.5) is 0 Å². The number of nitrogens with two attached hydrogens (primary N) is 1. The van der Waals surface area contributed by atoms with Crippen molar-refractivity contribution in [2.45, 2.75) is 44.2 Å². The van der Waals surface area contributed by atoms with Crippen LogP contribution < -0.4 is 11.1 Å². The second-order valence-electron chi connectivity index (χ2n) is 4.78. The normalized spacial score (nSPS) is 19.1. The highest BCUT2D eigenvalue weighted by atomic mass is 16.1. The fraction of sp³-hybridized carbons (Fsp3) is 0.667. The lowest BCUT2D eigenvalue weighted by atomic mass is 9.94. The lowest BCUT2D eigenvalue weighted by Gasteiger charge is -2.26. The molecule has 3 N–H and O–H groups in total. The fourth-order valence-corrected chi connectivity index (χ4v) is 2.44. The van der Waals surface area contributed by atoms with E-state index in [9.17, 15) is 4.79 Å². The van der Waals surface area contributed by atoms with E-state index in [1.54, 1.807) is 10.9 Å². The van der Waals surface area contributed by atoms with Gasteiger partial charge in [0.25, 0.3) is 0 Å². The van der Waals surface area contributed by atoms with E-state index in [1.165, 1.54) is 19.3 Å². The molecule has 94 valence electrons. The van der Waals surface area contributed by atoms with Crippen molar-refractivity contribution in [2.24, 2.45) is 12.8 Å². The minimum absolute atomic E-state index is 0.330. The Labute approximate surface area is 101 Å². The summed E-state index contributed by atoms with van der Waals surface area (Å²) in [5.74, 6) is -0.330. The monoisotopic (exact) mass is 236 g/mol. The molecule has 1 amide bonds. The molecule has 1 aliphatic rings. The molecule has 17 heavy (non-hydrogen) atoms. The van der Waals surface area contributed by atoms with Gasteiger partial charge in [0.1, 0.15) is 6.04 Å². The zero-order valence-corrected chi connectivity index (χ0v) is 10.2. The summed E-state index contributed by atoms with van der Waals surface area (Å²) in [6, 6.07) is -0.00624. The molecular formula is C12H20N4O. The Hall–Kier alpha value is -1.36. The van der Waals surface area contributed by atoms with Crippen molar-refractivity contribution in [3.05, 3.63) is 18.0 Å². The van der Waals surface area contributed by atoms with Gasteiger partial charge in [0.15, 0.2) is 0 Å². The topological polar surface area (TPSA) is 72.9 Å². The van der Waals surface area contributed by atoms with Crippen LogP contribution in [0.15, 0.2) is 12.4 Å². The number of nitrogens with zero attached hydrogens (tertiary/aromatic N) is 2. The molecule has 1 unspecified atom stereocenters. The number of hydrogen-bond acceptors (Lipinski definition) is 3. The Bertz CT molecular complexity index is 382. The highest BCUT2D eigenvalue weighted by molar-refractivity contribution is 5.81. The molecule has 0 spiro atoms. The summed E-state index contributed by atoms with van der Waals surface area (Å²) in [5.41, 5.74) is 6.31. The van der Waals surface area contributed by atoms with Crippen molar-refractivity contribution in [2.75, 3.05) is 0 Å². The minimum Gasteiger partial charge on any atom is -0.368 e. The summed E-state index contributed by atoms with van der Waals surface area (Å²) in [6.07, 6.45) is 9.56. The van der Waals surface area contributed by atoms with Gasteiger partial charge in [-0.15, -0.1) is 0 Å². The van der Waals surface area contributed by atoms with Crippen molar-refractivity contribution in [1.82, 2.24) is 15.1 Å². The van der Waals surface area contributed by atoms with Crippen LogP contribution in [0.25, 0.3) is 0 Å². The molecule has 1 aliphatic carbocycles. The molecular weight excluding hydrogens is 216 g/mol. The standard InChI is InChI=1S/C12H20N4O/c1-16-8-9(7-14-16)11(12(13)17)15-10-5-3-2-4-6-10/h7-8,10-11,15H,2-6H2,1H3,(H2,13,17). The number of nitrogens with one attached hydrogen (secondary N) is 1. The average Bonchev–Trinajstić information content (AvgIpc) is 2.73. The number of aromatic nitrogens is 2. The quantitative estimate of drug-likeness (QED) is 0.814. The van der Waals surface area contributed by atoms with Gasteiger partial charge in [-0.3, -0.25) is 14.8 Å². The van der Waals surface area contributed by atoms with E-state index in [1.807, 2.05) is 13.2 Å². The number of hydrogen-bond donors (Lipinski definition) is 2. The SMILES string of the molecule is Cn1cc(C(NC2CCCCC2)C(N)=O)cn1. The molecule has 0 bridgehead atoms. The first-order chi connectivity index (χ1) is 8.16. The van der Waals surface area contributed by atoms with Gasteiger partial charge in [0, 0.05) is 24.8 Å². The lowest BCUT2D eigenvalue weighted by Crippen LogP contribution is -2.40. The smallest absolute Gasteiger partial charge is 0.239 e. The van der Waals surface area contributed by atoms with E-state index in [-0.39, 0.29) is 5.91 Å². The Morgan fingerprint density at radius 3 is 2.76 bits per heavy atom. The number of aryl methyl sites for hydroxylation is 1. The van der Waals surface area contributed by atoms with Gasteiger partial charge in [-0.05, 0) is 12.8 Å². The molecule has 2 rings (SSSR count). The van der Waals surface area contributed by atoms with Gasteiger partial charge in [-0.25, -0.2) is 0 Å². The molecule has 1 aromatic heterocycles. The summed E-state index contributed by atoms with van der Waals surface area (Å²) >= 11 is 0. The molecule has 1 heterocycles. The Morgan fingerprint density at radius 1 is 1.53 bits per heavy atom. The van der Waals surface area contributed by atoms with Crippen LogP contribution in [0.5, 0.6) is 0 Å². The summed E-state index contributed by atoms with van der Waals surface area (Å²) < 4.78 is 1.69. The van der Waals surface area contributed by atoms with Crippen LogP contribution in [0.1, 0.15) is 43.7 Å². The van der Waals surface area contributed by atoms with Crippen molar-refractivity contribution in [1.29, 1.82) is 0 Å². The predicted molar refractivity (Wildman–Crippen MR) is 65.2 cm³/mol. The molecule has 1 fully saturated rings. The maximum atomic E-state index is 11.5. The molecule has 0 aliphatic heterocycles. The third-order valence-electron chi connectivity index (χ3n) is 3.35. The van der Waals surface area contributed by atoms with Crippen LogP contribution in [0, 0.1) is 0 Å². The summed E-state index contributed by atoms with van der Waals surface area (Å²) in [6.45, 7) is 0. The lowest BCUT2D eigenvalue weighted by molar-refractivity contribution is -0.120. The third kappa shape index (κ3) is 3.06. The first-order valence-corrected chi connectivity index (χ1v) is 6.20. The highest BCUT2D eigenvalue weighted by Crippen LogP contribution is 2.21. The van der Waals surface area contributed by atoms with Crippen molar-refractivity contribution < 1.29 is 4.79 Å². The number of rotatable bonds is 4. The third-order valence-corrected chi connectivity index (χ3v) is 3.35. The van der Waals surface area contributed by atoms with Gasteiger partial charge < -0.3 is 5.73 Å². The molecule has 5 nitrogen and oxygen atoms in total. The van der Waals surface area contributed by atoms with Gasteiger partial charge in [0.05, 0.1) is 6.20 Å². The van der Waals surface area contributed by atoms with Crippen molar-refractivity contribution >= 4 is 5.91 Å². The zero-order valence-electron chi connectivity index (χ0n) is 10.2. The van der Waals surface area contributed by atoms with E-state index in [2.05, 4.69) is 10.4 Å². The van der Waals surface area contributed by atoms with Gasteiger partial charge in [-0.1, -0.05) is 19.3 Å². The largest absolute Gasteiger partial charge is 0.368 e. The molecule has 0 aromatic carbocycles. The summed E-state index contributed by atoms with van der Waals surface area (Å²) in [4.78, 5) is 11.5. The molecule has 1 aromatic rings. The predicted octanol–water partition coefficient (Wildman–Crippen LogP) is 0.869. The first-order valence-electron chi connectivity index (χ1n) is 6.20. The molecule has 5 heteroatoms. The molecule has 1 atom stereocenters. The van der Waals surface area contributed by atoms with Crippen LogP contribution in [0.3, 0.4) is 0 Å².